The summed E-state index contributed by atoms with van der Waals surface area (Å²) in [6.45, 7) is 1.87. The lowest BCUT2D eigenvalue weighted by Crippen LogP contribution is -2.43. The van der Waals surface area contributed by atoms with Crippen LogP contribution in [0.15, 0.2) is 42.7 Å². The van der Waals surface area contributed by atoms with Crippen LogP contribution in [-0.2, 0) is 11.2 Å². The normalized spacial score (nSPS) is 13.8. The molecule has 5 heteroatoms. The second-order valence-electron chi connectivity index (χ2n) is 4.50. The van der Waals surface area contributed by atoms with Crippen LogP contribution in [-0.4, -0.2) is 21.9 Å². The molecular weight excluding hydrogens is 240 g/mol. The summed E-state index contributed by atoms with van der Waals surface area (Å²) in [5.74, 6) is 0.549. The second kappa shape index (κ2) is 6.15. The van der Waals surface area contributed by atoms with Crippen molar-refractivity contribution in [1.82, 2.24) is 15.3 Å². The maximum Gasteiger partial charge on any atom is 0.237 e. The van der Waals surface area contributed by atoms with E-state index in [1.165, 1.54) is 0 Å². The summed E-state index contributed by atoms with van der Waals surface area (Å²) < 4.78 is 0. The molecule has 100 valence electrons. The van der Waals surface area contributed by atoms with E-state index in [1.807, 2.05) is 37.3 Å². The van der Waals surface area contributed by atoms with Crippen LogP contribution in [0, 0.1) is 0 Å². The van der Waals surface area contributed by atoms with Crippen molar-refractivity contribution in [3.8, 4) is 0 Å². The van der Waals surface area contributed by atoms with E-state index in [2.05, 4.69) is 15.3 Å². The van der Waals surface area contributed by atoms with Crippen molar-refractivity contribution >= 4 is 5.91 Å². The van der Waals surface area contributed by atoms with Gasteiger partial charge in [-0.25, -0.2) is 4.98 Å². The van der Waals surface area contributed by atoms with Gasteiger partial charge >= 0.3 is 0 Å². The maximum absolute atomic E-state index is 12.0. The molecule has 1 amide bonds. The lowest BCUT2D eigenvalue weighted by molar-refractivity contribution is -0.123. The van der Waals surface area contributed by atoms with Crippen LogP contribution in [0.3, 0.4) is 0 Å². The summed E-state index contributed by atoms with van der Waals surface area (Å²) in [5.41, 5.74) is 6.96. The van der Waals surface area contributed by atoms with Gasteiger partial charge in [0.25, 0.3) is 0 Å². The first-order valence-electron chi connectivity index (χ1n) is 6.26. The van der Waals surface area contributed by atoms with Gasteiger partial charge in [-0.3, -0.25) is 4.79 Å². The van der Waals surface area contributed by atoms with Gasteiger partial charge in [-0.05, 0) is 18.9 Å². The molecule has 0 bridgehead atoms. The fraction of sp³-hybridized carbons (Fsp3) is 0.286. The number of aromatic nitrogens is 2. The largest absolute Gasteiger partial charge is 0.347 e. The smallest absolute Gasteiger partial charge is 0.237 e. The van der Waals surface area contributed by atoms with E-state index in [1.54, 1.807) is 12.4 Å². The van der Waals surface area contributed by atoms with Gasteiger partial charge in [-0.2, -0.15) is 0 Å². The van der Waals surface area contributed by atoms with Crippen LogP contribution >= 0.6 is 0 Å². The fourth-order valence-electron chi connectivity index (χ4n) is 1.86. The summed E-state index contributed by atoms with van der Waals surface area (Å²) in [5, 5.41) is 2.84. The highest BCUT2D eigenvalue weighted by Gasteiger charge is 2.17. The fourth-order valence-corrected chi connectivity index (χ4v) is 1.86. The number of benzene rings is 1. The number of nitrogens with one attached hydrogen (secondary N) is 2. The first-order valence-corrected chi connectivity index (χ1v) is 6.26. The molecule has 1 aromatic heterocycles. The van der Waals surface area contributed by atoms with Gasteiger partial charge < -0.3 is 16.0 Å². The molecule has 0 radical (unpaired) electrons. The number of carbonyl (C=O) groups is 1. The van der Waals surface area contributed by atoms with Gasteiger partial charge in [-0.1, -0.05) is 30.3 Å². The second-order valence-corrected chi connectivity index (χ2v) is 4.50. The number of carbonyl (C=O) groups excluding carboxylic acids is 1. The number of hydrogen-bond donors (Lipinski definition) is 3. The first kappa shape index (κ1) is 13.3. The molecule has 0 aliphatic carbocycles. The number of aromatic amines is 1. The van der Waals surface area contributed by atoms with E-state index in [0.29, 0.717) is 6.42 Å². The van der Waals surface area contributed by atoms with Gasteiger partial charge in [0.1, 0.15) is 5.82 Å². The molecule has 0 saturated carbocycles. The quantitative estimate of drug-likeness (QED) is 0.752. The first-order chi connectivity index (χ1) is 9.16. The van der Waals surface area contributed by atoms with E-state index in [0.717, 1.165) is 11.4 Å². The van der Waals surface area contributed by atoms with Gasteiger partial charge in [-0.15, -0.1) is 0 Å². The molecule has 0 aliphatic heterocycles. The Labute approximate surface area is 112 Å². The predicted octanol–water partition coefficient (Wildman–Crippen LogP) is 1.16. The third-order valence-electron chi connectivity index (χ3n) is 2.92. The number of amides is 1. The Bertz CT molecular complexity index is 510. The molecule has 1 aromatic carbocycles. The van der Waals surface area contributed by atoms with E-state index in [9.17, 15) is 4.79 Å². The summed E-state index contributed by atoms with van der Waals surface area (Å²) in [6, 6.07) is 9.00. The lowest BCUT2D eigenvalue weighted by atomic mass is 10.1. The lowest BCUT2D eigenvalue weighted by Gasteiger charge is -2.16. The average Bonchev–Trinajstić information content (AvgIpc) is 2.93. The zero-order chi connectivity index (χ0) is 13.7. The SMILES string of the molecule is CC(NC(=O)[C@H](N)Cc1ccccc1)c1ncc[nH]1. The molecule has 0 saturated heterocycles. The van der Waals surface area contributed by atoms with Gasteiger partial charge in [0, 0.05) is 12.4 Å². The minimum Gasteiger partial charge on any atom is -0.347 e. The Hall–Kier alpha value is -2.14. The van der Waals surface area contributed by atoms with E-state index < -0.39 is 6.04 Å². The molecule has 2 rings (SSSR count). The van der Waals surface area contributed by atoms with Gasteiger partial charge in [0.2, 0.25) is 5.91 Å². The number of rotatable bonds is 5. The molecule has 4 N–H and O–H groups in total. The molecule has 2 atom stereocenters. The number of nitrogens with zero attached hydrogens (tertiary/aromatic N) is 1. The Morgan fingerprint density at radius 3 is 2.79 bits per heavy atom. The summed E-state index contributed by atoms with van der Waals surface area (Å²) in [4.78, 5) is 19.0. The van der Waals surface area contributed by atoms with Crippen molar-refractivity contribution in [3.05, 3.63) is 54.1 Å². The van der Waals surface area contributed by atoms with Crippen molar-refractivity contribution in [1.29, 1.82) is 0 Å². The Morgan fingerprint density at radius 2 is 2.16 bits per heavy atom. The van der Waals surface area contributed by atoms with Crippen LogP contribution in [0.1, 0.15) is 24.4 Å². The molecule has 0 spiro atoms. The Kier molecular flexibility index (Phi) is 4.30. The highest BCUT2D eigenvalue weighted by Crippen LogP contribution is 2.07. The van der Waals surface area contributed by atoms with Gasteiger partial charge in [0.15, 0.2) is 0 Å². The molecule has 19 heavy (non-hydrogen) atoms. The Morgan fingerprint density at radius 1 is 1.42 bits per heavy atom. The summed E-state index contributed by atoms with van der Waals surface area (Å²) in [7, 11) is 0. The molecular formula is C14H18N4O. The molecule has 0 aliphatic rings. The van der Waals surface area contributed by atoms with Crippen molar-refractivity contribution < 1.29 is 4.79 Å². The van der Waals surface area contributed by atoms with Crippen LogP contribution < -0.4 is 11.1 Å². The van der Waals surface area contributed by atoms with E-state index in [4.69, 9.17) is 5.73 Å². The zero-order valence-corrected chi connectivity index (χ0v) is 10.8. The highest BCUT2D eigenvalue weighted by atomic mass is 16.2. The Balaban J connectivity index is 1.89. The van der Waals surface area contributed by atoms with Crippen LogP contribution in [0.5, 0.6) is 0 Å². The maximum atomic E-state index is 12.0. The molecule has 2 aromatic rings. The zero-order valence-electron chi connectivity index (χ0n) is 10.8. The number of imidazole rings is 1. The van der Waals surface area contributed by atoms with Crippen LogP contribution in [0.4, 0.5) is 0 Å². The van der Waals surface area contributed by atoms with Gasteiger partial charge in [0.05, 0.1) is 12.1 Å². The van der Waals surface area contributed by atoms with Crippen molar-refractivity contribution in [2.75, 3.05) is 0 Å². The van der Waals surface area contributed by atoms with E-state index in [-0.39, 0.29) is 11.9 Å². The molecule has 5 nitrogen and oxygen atoms in total. The van der Waals surface area contributed by atoms with Crippen molar-refractivity contribution in [2.45, 2.75) is 25.4 Å². The minimum absolute atomic E-state index is 0.173. The van der Waals surface area contributed by atoms with Crippen molar-refractivity contribution in [2.24, 2.45) is 5.73 Å². The average molecular weight is 258 g/mol. The summed E-state index contributed by atoms with van der Waals surface area (Å²) in [6.07, 6.45) is 3.90. The minimum atomic E-state index is -0.556. The monoisotopic (exact) mass is 258 g/mol. The molecule has 1 heterocycles. The highest BCUT2D eigenvalue weighted by molar-refractivity contribution is 5.82. The third-order valence-corrected chi connectivity index (χ3v) is 2.92. The number of H-pyrrole nitrogens is 1. The molecule has 0 fully saturated rings. The third kappa shape index (κ3) is 3.66. The van der Waals surface area contributed by atoms with E-state index >= 15 is 0 Å². The number of nitrogens with two attached hydrogens (primary N) is 1. The standard InChI is InChI=1S/C14H18N4O/c1-10(13-16-7-8-17-13)18-14(19)12(15)9-11-5-3-2-4-6-11/h2-8,10,12H,9,15H2,1H3,(H,16,17)(H,18,19)/t10?,12-/m1/s1. The predicted molar refractivity (Wildman–Crippen MR) is 73.3 cm³/mol. The van der Waals surface area contributed by atoms with Crippen LogP contribution in [0.25, 0.3) is 0 Å². The van der Waals surface area contributed by atoms with Crippen LogP contribution in [0.2, 0.25) is 0 Å². The topological polar surface area (TPSA) is 83.8 Å². The summed E-state index contributed by atoms with van der Waals surface area (Å²) >= 11 is 0. The molecule has 1 unspecified atom stereocenters. The van der Waals surface area contributed by atoms with Crippen molar-refractivity contribution in [3.63, 3.8) is 0 Å². The number of hydrogen-bond acceptors (Lipinski definition) is 3.